The van der Waals surface area contributed by atoms with Crippen LogP contribution in [0.25, 0.3) is 0 Å². The zero-order valence-electron chi connectivity index (χ0n) is 12.4. The van der Waals surface area contributed by atoms with Crippen molar-refractivity contribution in [3.8, 4) is 0 Å². The van der Waals surface area contributed by atoms with Gasteiger partial charge in [0.25, 0.3) is 0 Å². The first-order chi connectivity index (χ1) is 9.13. The Morgan fingerprint density at radius 1 is 1.42 bits per heavy atom. The minimum atomic E-state index is -0.0330. The lowest BCUT2D eigenvalue weighted by Crippen LogP contribution is -2.59. The zero-order chi connectivity index (χ0) is 13.8. The molecule has 0 aliphatic carbocycles. The van der Waals surface area contributed by atoms with E-state index in [0.717, 1.165) is 45.8 Å². The fourth-order valence-electron chi connectivity index (χ4n) is 2.99. The third-order valence-corrected chi connectivity index (χ3v) is 4.26. The number of carbonyl (C=O) groups excluding carboxylic acids is 1. The van der Waals surface area contributed by atoms with Gasteiger partial charge in [-0.15, -0.1) is 0 Å². The summed E-state index contributed by atoms with van der Waals surface area (Å²) < 4.78 is 5.71. The van der Waals surface area contributed by atoms with E-state index in [2.05, 4.69) is 24.1 Å². The van der Waals surface area contributed by atoms with Crippen LogP contribution in [0.2, 0.25) is 0 Å². The fourth-order valence-corrected chi connectivity index (χ4v) is 2.99. The fraction of sp³-hybridized carbons (Fsp3) is 0.929. The second-order valence-electron chi connectivity index (χ2n) is 5.65. The number of nitrogens with one attached hydrogen (secondary N) is 1. The predicted octanol–water partition coefficient (Wildman–Crippen LogP) is 0.306. The molecule has 0 spiro atoms. The largest absolute Gasteiger partial charge is 0.376 e. The second-order valence-corrected chi connectivity index (χ2v) is 5.65. The Kier molecular flexibility index (Phi) is 5.19. The number of amides is 1. The lowest BCUT2D eigenvalue weighted by molar-refractivity contribution is -0.143. The van der Waals surface area contributed by atoms with Gasteiger partial charge < -0.3 is 15.0 Å². The van der Waals surface area contributed by atoms with Crippen LogP contribution >= 0.6 is 0 Å². The zero-order valence-corrected chi connectivity index (χ0v) is 12.4. The van der Waals surface area contributed by atoms with E-state index in [1.807, 2.05) is 11.8 Å². The normalized spacial score (nSPS) is 31.2. The Morgan fingerprint density at radius 2 is 2.11 bits per heavy atom. The van der Waals surface area contributed by atoms with Crippen LogP contribution in [0.1, 0.15) is 27.2 Å². The molecular formula is C14H27N3O2. The summed E-state index contributed by atoms with van der Waals surface area (Å²) in [4.78, 5) is 16.9. The predicted molar refractivity (Wildman–Crippen MR) is 75.1 cm³/mol. The minimum absolute atomic E-state index is 0.0330. The number of piperazine rings is 1. The van der Waals surface area contributed by atoms with Gasteiger partial charge in [-0.2, -0.15) is 0 Å². The van der Waals surface area contributed by atoms with Crippen LogP contribution in [0.4, 0.5) is 0 Å². The summed E-state index contributed by atoms with van der Waals surface area (Å²) in [5.41, 5.74) is 0. The maximum Gasteiger partial charge on any atom is 0.239 e. The molecule has 19 heavy (non-hydrogen) atoms. The summed E-state index contributed by atoms with van der Waals surface area (Å²) in [5, 5.41) is 3.29. The van der Waals surface area contributed by atoms with Crippen LogP contribution in [0.3, 0.4) is 0 Å². The highest BCUT2D eigenvalue weighted by Gasteiger charge is 2.34. The van der Waals surface area contributed by atoms with Gasteiger partial charge in [0.1, 0.15) is 0 Å². The molecule has 1 N–H and O–H groups in total. The monoisotopic (exact) mass is 269 g/mol. The smallest absolute Gasteiger partial charge is 0.239 e. The third-order valence-electron chi connectivity index (χ3n) is 4.26. The Morgan fingerprint density at radius 3 is 2.74 bits per heavy atom. The molecule has 0 aromatic carbocycles. The molecule has 2 rings (SSSR count). The van der Waals surface area contributed by atoms with Crippen molar-refractivity contribution < 1.29 is 9.53 Å². The van der Waals surface area contributed by atoms with Crippen LogP contribution in [0.15, 0.2) is 0 Å². The molecule has 110 valence electrons. The van der Waals surface area contributed by atoms with Gasteiger partial charge in [-0.05, 0) is 20.3 Å². The van der Waals surface area contributed by atoms with E-state index >= 15 is 0 Å². The molecule has 0 radical (unpaired) electrons. The van der Waals surface area contributed by atoms with Crippen LogP contribution in [0, 0.1) is 0 Å². The lowest BCUT2D eigenvalue weighted by atomic mass is 10.1. The Balaban J connectivity index is 1.99. The molecule has 0 aromatic rings. The summed E-state index contributed by atoms with van der Waals surface area (Å²) in [7, 11) is 0. The van der Waals surface area contributed by atoms with Crippen molar-refractivity contribution in [3.63, 3.8) is 0 Å². The van der Waals surface area contributed by atoms with Crippen molar-refractivity contribution in [1.29, 1.82) is 0 Å². The van der Waals surface area contributed by atoms with Gasteiger partial charge in [0.15, 0.2) is 0 Å². The highest BCUT2D eigenvalue weighted by molar-refractivity contribution is 5.81. The highest BCUT2D eigenvalue weighted by Crippen LogP contribution is 2.18. The highest BCUT2D eigenvalue weighted by atomic mass is 16.5. The van der Waals surface area contributed by atoms with E-state index in [9.17, 15) is 4.79 Å². The van der Waals surface area contributed by atoms with Crippen LogP contribution < -0.4 is 5.32 Å². The van der Waals surface area contributed by atoms with Gasteiger partial charge >= 0.3 is 0 Å². The average Bonchev–Trinajstić information content (AvgIpc) is 2.46. The number of hydrogen-bond acceptors (Lipinski definition) is 4. The first-order valence-corrected chi connectivity index (χ1v) is 7.50. The maximum atomic E-state index is 12.6. The molecule has 0 saturated carbocycles. The van der Waals surface area contributed by atoms with Gasteiger partial charge in [-0.3, -0.25) is 9.69 Å². The van der Waals surface area contributed by atoms with Crippen LogP contribution in [-0.2, 0) is 9.53 Å². The van der Waals surface area contributed by atoms with Crippen molar-refractivity contribution in [2.24, 2.45) is 0 Å². The minimum Gasteiger partial charge on any atom is -0.376 e. The van der Waals surface area contributed by atoms with Crippen molar-refractivity contribution in [2.45, 2.75) is 45.4 Å². The number of morpholine rings is 1. The number of rotatable bonds is 3. The molecule has 1 amide bonds. The average molecular weight is 269 g/mol. The van der Waals surface area contributed by atoms with Gasteiger partial charge in [-0.25, -0.2) is 0 Å². The van der Waals surface area contributed by atoms with E-state index in [1.54, 1.807) is 0 Å². The summed E-state index contributed by atoms with van der Waals surface area (Å²) >= 11 is 0. The number of nitrogens with zero attached hydrogens (tertiary/aromatic N) is 2. The topological polar surface area (TPSA) is 44.8 Å². The van der Waals surface area contributed by atoms with Crippen molar-refractivity contribution in [3.05, 3.63) is 0 Å². The maximum absolute atomic E-state index is 12.6. The SMILES string of the molecule is CCC1COC(C)CN1C(C)C(=O)N1CCNCC1. The summed E-state index contributed by atoms with van der Waals surface area (Å²) in [6, 6.07) is 0.340. The number of carbonyl (C=O) groups is 1. The molecule has 3 unspecified atom stereocenters. The molecule has 3 atom stereocenters. The Hall–Kier alpha value is -0.650. The number of hydrogen-bond donors (Lipinski definition) is 1. The first-order valence-electron chi connectivity index (χ1n) is 7.50. The molecule has 0 aromatic heterocycles. The standard InChI is InChI=1S/C14H27N3O2/c1-4-13-10-19-11(2)9-17(13)12(3)14(18)16-7-5-15-6-8-16/h11-13,15H,4-10H2,1-3H3. The van der Waals surface area contributed by atoms with Crippen molar-refractivity contribution >= 4 is 5.91 Å². The Labute approximate surface area is 116 Å². The quantitative estimate of drug-likeness (QED) is 0.801. The van der Waals surface area contributed by atoms with Gasteiger partial charge in [-0.1, -0.05) is 6.92 Å². The molecule has 0 bridgehead atoms. The van der Waals surface area contributed by atoms with Crippen LogP contribution in [-0.4, -0.2) is 73.2 Å². The van der Waals surface area contributed by atoms with E-state index in [4.69, 9.17) is 4.74 Å². The van der Waals surface area contributed by atoms with Gasteiger partial charge in [0, 0.05) is 38.8 Å². The summed E-state index contributed by atoms with van der Waals surface area (Å²) in [5.74, 6) is 0.272. The molecule has 5 nitrogen and oxygen atoms in total. The lowest BCUT2D eigenvalue weighted by Gasteiger charge is -2.43. The van der Waals surface area contributed by atoms with Crippen molar-refractivity contribution in [2.75, 3.05) is 39.3 Å². The van der Waals surface area contributed by atoms with Gasteiger partial charge in [0.05, 0.1) is 18.8 Å². The third kappa shape index (κ3) is 3.46. The van der Waals surface area contributed by atoms with E-state index in [-0.39, 0.29) is 18.1 Å². The molecule has 2 saturated heterocycles. The van der Waals surface area contributed by atoms with E-state index in [0.29, 0.717) is 6.04 Å². The molecular weight excluding hydrogens is 242 g/mol. The van der Waals surface area contributed by atoms with Crippen molar-refractivity contribution in [1.82, 2.24) is 15.1 Å². The van der Waals surface area contributed by atoms with E-state index in [1.165, 1.54) is 0 Å². The molecule has 2 aliphatic heterocycles. The van der Waals surface area contributed by atoms with Crippen LogP contribution in [0.5, 0.6) is 0 Å². The molecule has 2 fully saturated rings. The van der Waals surface area contributed by atoms with Gasteiger partial charge in [0.2, 0.25) is 5.91 Å². The molecule has 2 heterocycles. The summed E-state index contributed by atoms with van der Waals surface area (Å²) in [6.45, 7) is 11.4. The second kappa shape index (κ2) is 6.68. The summed E-state index contributed by atoms with van der Waals surface area (Å²) in [6.07, 6.45) is 1.26. The molecule has 2 aliphatic rings. The first kappa shape index (κ1) is 14.8. The number of ether oxygens (including phenoxy) is 1. The van der Waals surface area contributed by atoms with E-state index < -0.39 is 0 Å². The molecule has 5 heteroatoms. The Bertz CT molecular complexity index is 305.